The van der Waals surface area contributed by atoms with Crippen molar-refractivity contribution in [2.75, 3.05) is 0 Å². The van der Waals surface area contributed by atoms with Crippen molar-refractivity contribution in [1.82, 2.24) is 0 Å². The van der Waals surface area contributed by atoms with Gasteiger partial charge in [-0.25, -0.2) is 9.59 Å². The first-order valence-electron chi connectivity index (χ1n) is 12.1. The summed E-state index contributed by atoms with van der Waals surface area (Å²) >= 11 is 0. The Morgan fingerprint density at radius 1 is 0.541 bits per heavy atom. The van der Waals surface area contributed by atoms with Crippen LogP contribution in [0.3, 0.4) is 0 Å². The van der Waals surface area contributed by atoms with E-state index in [9.17, 15) is 19.8 Å². The van der Waals surface area contributed by atoms with Crippen molar-refractivity contribution in [3.8, 4) is 11.5 Å². The van der Waals surface area contributed by atoms with Crippen molar-refractivity contribution in [1.29, 1.82) is 0 Å². The molecular formula is C30H42FeO6. The van der Waals surface area contributed by atoms with Gasteiger partial charge in [0.25, 0.3) is 0 Å². The monoisotopic (exact) mass is 554 g/mol. The molecule has 0 unspecified atom stereocenters. The molecule has 0 aliphatic heterocycles. The molecule has 0 spiro atoms. The molecule has 2 N–H and O–H groups in total. The summed E-state index contributed by atoms with van der Waals surface area (Å²) in [7, 11) is 0. The van der Waals surface area contributed by atoms with E-state index >= 15 is 0 Å². The minimum atomic E-state index is -1.16. The number of rotatable bonds is 2. The molecule has 0 aliphatic carbocycles. The van der Waals surface area contributed by atoms with Crippen molar-refractivity contribution >= 4 is 11.9 Å². The zero-order chi connectivity index (χ0) is 28.6. The zero-order valence-electron chi connectivity index (χ0n) is 24.2. The molecular weight excluding hydrogens is 512 g/mol. The van der Waals surface area contributed by atoms with Gasteiger partial charge in [0, 0.05) is 0 Å². The summed E-state index contributed by atoms with van der Waals surface area (Å²) in [5, 5.41) is 42.6. The first-order chi connectivity index (χ1) is 15.9. The van der Waals surface area contributed by atoms with Crippen LogP contribution in [0.15, 0.2) is 24.3 Å². The van der Waals surface area contributed by atoms with Crippen molar-refractivity contribution < 1.29 is 47.1 Å². The average molecular weight is 555 g/mol. The van der Waals surface area contributed by atoms with Gasteiger partial charge >= 0.3 is 29.0 Å². The van der Waals surface area contributed by atoms with Gasteiger partial charge in [0.1, 0.15) is 0 Å². The van der Waals surface area contributed by atoms with E-state index in [0.29, 0.717) is 11.1 Å². The van der Waals surface area contributed by atoms with E-state index < -0.39 is 11.9 Å². The molecule has 0 radical (unpaired) electrons. The molecule has 0 aromatic heterocycles. The van der Waals surface area contributed by atoms with Crippen LogP contribution in [0.25, 0.3) is 0 Å². The van der Waals surface area contributed by atoms with Crippen LogP contribution in [0.2, 0.25) is 0 Å². The van der Waals surface area contributed by atoms with Crippen LogP contribution in [0.1, 0.15) is 126 Å². The topological polar surface area (TPSA) is 121 Å². The standard InChI is InChI=1S/2C15H22O3.Fe/c2*1-14(2,3)9-7-10(13(17)18)12(16)11(8-9)15(4,5)6;/h2*7-8,16H,1-6H3,(H,17,18);/q;;+2/p-2. The van der Waals surface area contributed by atoms with Gasteiger partial charge in [-0.15, -0.1) is 0 Å². The number of carbonyl (C=O) groups is 2. The molecule has 206 valence electrons. The van der Waals surface area contributed by atoms with E-state index in [2.05, 4.69) is 0 Å². The van der Waals surface area contributed by atoms with Gasteiger partial charge in [-0.3, -0.25) is 0 Å². The van der Waals surface area contributed by atoms with Crippen LogP contribution in [-0.4, -0.2) is 22.2 Å². The molecule has 0 atom stereocenters. The maximum absolute atomic E-state index is 12.2. The molecule has 6 nitrogen and oxygen atoms in total. The van der Waals surface area contributed by atoms with E-state index in [1.165, 1.54) is 12.1 Å². The van der Waals surface area contributed by atoms with E-state index in [1.54, 1.807) is 0 Å². The Hall–Kier alpha value is -2.50. The van der Waals surface area contributed by atoms with Crippen LogP contribution in [0.4, 0.5) is 0 Å². The van der Waals surface area contributed by atoms with Crippen LogP contribution in [0.5, 0.6) is 11.5 Å². The molecule has 2 aromatic rings. The molecule has 0 aliphatic rings. The fourth-order valence-electron chi connectivity index (χ4n) is 3.56. The molecule has 7 heteroatoms. The van der Waals surface area contributed by atoms with Crippen molar-refractivity contribution in [3.05, 3.63) is 57.6 Å². The van der Waals surface area contributed by atoms with Crippen molar-refractivity contribution in [2.24, 2.45) is 0 Å². The molecule has 0 saturated heterocycles. The summed E-state index contributed by atoms with van der Waals surface area (Å²) in [6, 6.07) is 6.68. The molecule has 2 rings (SSSR count). The summed E-state index contributed by atoms with van der Waals surface area (Å²) in [4.78, 5) is 22.4. The molecule has 0 bridgehead atoms. The quantitative estimate of drug-likeness (QED) is 0.433. The normalized spacial score (nSPS) is 12.2. The number of aromatic carboxylic acids is 2. The SMILES string of the molecule is CC(C)(C)c1cc(C(=O)O)c([O-])c(C(C)(C)C)c1.CC(C)(C)c1cc(C(=O)O)c([O-])c(C(C)(C)C)c1.[Fe+2]. The fourth-order valence-corrected chi connectivity index (χ4v) is 3.56. The van der Waals surface area contributed by atoms with Gasteiger partial charge in [0.2, 0.25) is 0 Å². The second kappa shape index (κ2) is 11.5. The summed E-state index contributed by atoms with van der Waals surface area (Å²) in [6.07, 6.45) is 0. The van der Waals surface area contributed by atoms with E-state index in [4.69, 9.17) is 10.2 Å². The van der Waals surface area contributed by atoms with Gasteiger partial charge in [0.15, 0.2) is 0 Å². The van der Waals surface area contributed by atoms with Gasteiger partial charge in [-0.05, 0) is 56.0 Å². The maximum atomic E-state index is 12.2. The van der Waals surface area contributed by atoms with Gasteiger partial charge in [-0.1, -0.05) is 107 Å². The summed E-state index contributed by atoms with van der Waals surface area (Å²) in [5.74, 6) is -3.06. The van der Waals surface area contributed by atoms with Crippen molar-refractivity contribution in [3.63, 3.8) is 0 Å². The van der Waals surface area contributed by atoms with Crippen molar-refractivity contribution in [2.45, 2.75) is 105 Å². The Morgan fingerprint density at radius 2 is 0.784 bits per heavy atom. The Balaban J connectivity index is 0.000000682. The maximum Gasteiger partial charge on any atom is 2.00 e. The molecule has 0 fully saturated rings. The second-order valence-corrected chi connectivity index (χ2v) is 13.4. The largest absolute Gasteiger partial charge is 2.00 e. The molecule has 2 aromatic carbocycles. The first kappa shape index (κ1) is 34.5. The minimum absolute atomic E-state index is 0. The van der Waals surface area contributed by atoms with Gasteiger partial charge < -0.3 is 20.4 Å². The number of benzene rings is 2. The van der Waals surface area contributed by atoms with Gasteiger partial charge in [-0.2, -0.15) is 0 Å². The van der Waals surface area contributed by atoms with E-state index in [1.807, 2.05) is 95.2 Å². The predicted octanol–water partition coefficient (Wildman–Crippen LogP) is 6.10. The van der Waals surface area contributed by atoms with Crippen LogP contribution < -0.4 is 10.2 Å². The van der Waals surface area contributed by atoms with Crippen LogP contribution in [0, 0.1) is 0 Å². The summed E-state index contributed by atoms with van der Waals surface area (Å²) in [5.41, 5.74) is 1.54. The Labute approximate surface area is 232 Å². The fraction of sp³-hybridized carbons (Fsp3) is 0.533. The third-order valence-electron chi connectivity index (χ3n) is 5.99. The number of carboxylic acid groups (broad SMARTS) is 2. The number of carboxylic acids is 2. The van der Waals surface area contributed by atoms with E-state index in [0.717, 1.165) is 11.1 Å². The van der Waals surface area contributed by atoms with Crippen LogP contribution >= 0.6 is 0 Å². The molecule has 0 saturated carbocycles. The number of hydrogen-bond donors (Lipinski definition) is 2. The zero-order valence-corrected chi connectivity index (χ0v) is 25.3. The third kappa shape index (κ3) is 8.79. The second-order valence-electron chi connectivity index (χ2n) is 13.4. The minimum Gasteiger partial charge on any atom is -0.872 e. The Morgan fingerprint density at radius 3 is 0.946 bits per heavy atom. The van der Waals surface area contributed by atoms with E-state index in [-0.39, 0.29) is 61.4 Å². The third-order valence-corrected chi connectivity index (χ3v) is 5.99. The molecule has 0 heterocycles. The summed E-state index contributed by atoms with van der Waals surface area (Å²) in [6.45, 7) is 23.5. The Bertz CT molecular complexity index is 1050. The Kier molecular flexibility index (Phi) is 10.7. The summed E-state index contributed by atoms with van der Waals surface area (Å²) < 4.78 is 0. The smallest absolute Gasteiger partial charge is 0.872 e. The van der Waals surface area contributed by atoms with Gasteiger partial charge in [0.05, 0.1) is 11.1 Å². The molecule has 0 amide bonds. The first-order valence-corrected chi connectivity index (χ1v) is 12.1. The number of hydrogen-bond acceptors (Lipinski definition) is 4. The molecule has 37 heavy (non-hydrogen) atoms. The average Bonchev–Trinajstić information content (AvgIpc) is 2.64. The predicted molar refractivity (Wildman–Crippen MR) is 140 cm³/mol. The van der Waals surface area contributed by atoms with Crippen LogP contribution in [-0.2, 0) is 38.7 Å².